The molecular formula is C15H18N2O3. The number of nitrogens with zero attached hydrogens (tertiary/aromatic N) is 1. The van der Waals surface area contributed by atoms with Crippen LogP contribution in [0.15, 0.2) is 36.5 Å². The van der Waals surface area contributed by atoms with Gasteiger partial charge in [-0.3, -0.25) is 9.78 Å². The molecule has 0 aliphatic rings. The first-order valence-electron chi connectivity index (χ1n) is 6.40. The summed E-state index contributed by atoms with van der Waals surface area (Å²) >= 11 is 0. The molecule has 5 nitrogen and oxygen atoms in total. The van der Waals surface area contributed by atoms with E-state index in [1.807, 2.05) is 24.3 Å². The van der Waals surface area contributed by atoms with Crippen LogP contribution < -0.4 is 10.1 Å². The number of ether oxygens (including phenoxy) is 1. The van der Waals surface area contributed by atoms with Gasteiger partial charge in [0.25, 0.3) is 5.91 Å². The van der Waals surface area contributed by atoms with E-state index in [0.717, 1.165) is 10.9 Å². The minimum Gasteiger partial charge on any atom is -0.484 e. The second kappa shape index (κ2) is 5.88. The highest BCUT2D eigenvalue weighted by Crippen LogP contribution is 2.18. The fourth-order valence-electron chi connectivity index (χ4n) is 1.75. The quantitative estimate of drug-likeness (QED) is 0.866. The summed E-state index contributed by atoms with van der Waals surface area (Å²) in [5.41, 5.74) is 0.235. The van der Waals surface area contributed by atoms with Gasteiger partial charge in [-0.1, -0.05) is 6.07 Å². The van der Waals surface area contributed by atoms with Crippen molar-refractivity contribution in [2.45, 2.75) is 19.4 Å². The number of aliphatic hydroxyl groups is 1. The van der Waals surface area contributed by atoms with E-state index in [9.17, 15) is 4.79 Å². The number of fused-ring (bicyclic) bond motifs is 1. The Balaban J connectivity index is 1.97. The van der Waals surface area contributed by atoms with Gasteiger partial charge in [0.1, 0.15) is 5.75 Å². The third kappa shape index (κ3) is 3.68. The molecule has 1 heterocycles. The Morgan fingerprint density at radius 2 is 2.20 bits per heavy atom. The summed E-state index contributed by atoms with van der Waals surface area (Å²) in [6.07, 6.45) is 1.73. The molecule has 20 heavy (non-hydrogen) atoms. The molecule has 1 aromatic heterocycles. The molecule has 1 amide bonds. The molecule has 0 radical (unpaired) electrons. The maximum absolute atomic E-state index is 11.7. The van der Waals surface area contributed by atoms with Crippen molar-refractivity contribution in [3.63, 3.8) is 0 Å². The molecule has 0 atom stereocenters. The Kier molecular flexibility index (Phi) is 4.20. The monoisotopic (exact) mass is 274 g/mol. The number of nitrogens with one attached hydrogen (secondary N) is 1. The van der Waals surface area contributed by atoms with Crippen LogP contribution in [0.1, 0.15) is 13.8 Å². The predicted molar refractivity (Wildman–Crippen MR) is 76.5 cm³/mol. The number of aliphatic hydroxyl groups excluding tert-OH is 1. The van der Waals surface area contributed by atoms with Crippen molar-refractivity contribution in [2.75, 3.05) is 13.2 Å². The van der Waals surface area contributed by atoms with Crippen LogP contribution >= 0.6 is 0 Å². The minimum atomic E-state index is -0.645. The van der Waals surface area contributed by atoms with Gasteiger partial charge in [0.05, 0.1) is 17.7 Å². The largest absolute Gasteiger partial charge is 0.484 e. The lowest BCUT2D eigenvalue weighted by Gasteiger charge is -2.23. The van der Waals surface area contributed by atoms with E-state index in [1.165, 1.54) is 0 Å². The molecule has 0 saturated carbocycles. The average Bonchev–Trinajstić information content (AvgIpc) is 2.44. The smallest absolute Gasteiger partial charge is 0.258 e. The molecule has 1 aromatic carbocycles. The molecule has 0 aliphatic carbocycles. The van der Waals surface area contributed by atoms with Crippen molar-refractivity contribution in [2.24, 2.45) is 0 Å². The second-order valence-electron chi connectivity index (χ2n) is 5.24. The number of benzene rings is 1. The van der Waals surface area contributed by atoms with Gasteiger partial charge in [-0.2, -0.15) is 0 Å². The molecular weight excluding hydrogens is 256 g/mol. The zero-order chi connectivity index (χ0) is 14.6. The van der Waals surface area contributed by atoms with E-state index >= 15 is 0 Å². The Labute approximate surface area is 117 Å². The molecule has 2 aromatic rings. The molecule has 2 N–H and O–H groups in total. The summed E-state index contributed by atoms with van der Waals surface area (Å²) in [5.74, 6) is 0.345. The van der Waals surface area contributed by atoms with Crippen LogP contribution in [-0.4, -0.2) is 34.8 Å². The number of hydrogen-bond acceptors (Lipinski definition) is 4. The van der Waals surface area contributed by atoms with Crippen molar-refractivity contribution in [3.8, 4) is 5.75 Å². The van der Waals surface area contributed by atoms with Crippen LogP contribution in [0.25, 0.3) is 10.9 Å². The fraction of sp³-hybridized carbons (Fsp3) is 0.333. The highest BCUT2D eigenvalue weighted by Gasteiger charge is 2.19. The maximum atomic E-state index is 11.7. The van der Waals surface area contributed by atoms with Crippen molar-refractivity contribution >= 4 is 16.8 Å². The summed E-state index contributed by atoms with van der Waals surface area (Å²) in [4.78, 5) is 15.9. The fourth-order valence-corrected chi connectivity index (χ4v) is 1.75. The maximum Gasteiger partial charge on any atom is 0.258 e. The third-order valence-electron chi connectivity index (χ3n) is 2.82. The number of aromatic nitrogens is 1. The molecule has 2 rings (SSSR count). The molecule has 0 saturated heterocycles. The molecule has 0 aliphatic heterocycles. The number of carbonyl (C=O) groups is 1. The van der Waals surface area contributed by atoms with Crippen LogP contribution in [-0.2, 0) is 4.79 Å². The van der Waals surface area contributed by atoms with E-state index in [4.69, 9.17) is 9.84 Å². The summed E-state index contributed by atoms with van der Waals surface area (Å²) in [5, 5.41) is 12.7. The van der Waals surface area contributed by atoms with Crippen LogP contribution in [0.3, 0.4) is 0 Å². The van der Waals surface area contributed by atoms with Crippen LogP contribution in [0.4, 0.5) is 0 Å². The topological polar surface area (TPSA) is 71.5 Å². The van der Waals surface area contributed by atoms with Gasteiger partial charge < -0.3 is 15.2 Å². The molecule has 106 valence electrons. The SMILES string of the molecule is CC(C)(CO)NC(=O)COc1ccc2ncccc2c1. The minimum absolute atomic E-state index is 0.0881. The van der Waals surface area contributed by atoms with E-state index in [2.05, 4.69) is 10.3 Å². The van der Waals surface area contributed by atoms with Crippen LogP contribution in [0.5, 0.6) is 5.75 Å². The highest BCUT2D eigenvalue weighted by atomic mass is 16.5. The lowest BCUT2D eigenvalue weighted by molar-refractivity contribution is -0.125. The molecule has 5 heteroatoms. The van der Waals surface area contributed by atoms with Gasteiger partial charge in [-0.15, -0.1) is 0 Å². The predicted octanol–water partition coefficient (Wildman–Crippen LogP) is 1.50. The first kappa shape index (κ1) is 14.3. The standard InChI is InChI=1S/C15H18N2O3/c1-15(2,10-18)17-14(19)9-20-12-5-6-13-11(8-12)4-3-7-16-13/h3-8,18H,9-10H2,1-2H3,(H,17,19). The van der Waals surface area contributed by atoms with E-state index in [-0.39, 0.29) is 19.1 Å². The van der Waals surface area contributed by atoms with Gasteiger partial charge in [-0.25, -0.2) is 0 Å². The van der Waals surface area contributed by atoms with Gasteiger partial charge in [0.2, 0.25) is 0 Å². The first-order valence-corrected chi connectivity index (χ1v) is 6.40. The molecule has 0 unspecified atom stereocenters. The molecule has 0 bridgehead atoms. The average molecular weight is 274 g/mol. The van der Waals surface area contributed by atoms with E-state index in [1.54, 1.807) is 26.1 Å². The Bertz CT molecular complexity index is 611. The van der Waals surface area contributed by atoms with Crippen molar-refractivity contribution in [1.82, 2.24) is 10.3 Å². The summed E-state index contributed by atoms with van der Waals surface area (Å²) < 4.78 is 5.44. The summed E-state index contributed by atoms with van der Waals surface area (Å²) in [6.45, 7) is 3.27. The molecule has 0 fully saturated rings. The first-order chi connectivity index (χ1) is 9.50. The number of rotatable bonds is 5. The zero-order valence-electron chi connectivity index (χ0n) is 11.6. The summed E-state index contributed by atoms with van der Waals surface area (Å²) in [7, 11) is 0. The lowest BCUT2D eigenvalue weighted by Crippen LogP contribution is -2.48. The van der Waals surface area contributed by atoms with Crippen LogP contribution in [0.2, 0.25) is 0 Å². The summed E-state index contributed by atoms with van der Waals surface area (Å²) in [6, 6.07) is 9.25. The lowest BCUT2D eigenvalue weighted by atomic mass is 10.1. The van der Waals surface area contributed by atoms with E-state index in [0.29, 0.717) is 5.75 Å². The number of amides is 1. The third-order valence-corrected chi connectivity index (χ3v) is 2.82. The van der Waals surface area contributed by atoms with Gasteiger partial charge in [-0.05, 0) is 38.1 Å². The zero-order valence-corrected chi connectivity index (χ0v) is 11.6. The van der Waals surface area contributed by atoms with E-state index < -0.39 is 5.54 Å². The number of carbonyl (C=O) groups excluding carboxylic acids is 1. The van der Waals surface area contributed by atoms with Crippen molar-refractivity contribution in [1.29, 1.82) is 0 Å². The highest BCUT2D eigenvalue weighted by molar-refractivity contribution is 5.80. The van der Waals surface area contributed by atoms with Crippen molar-refractivity contribution < 1.29 is 14.6 Å². The number of hydrogen-bond donors (Lipinski definition) is 2. The second-order valence-corrected chi connectivity index (χ2v) is 5.24. The number of pyridine rings is 1. The Morgan fingerprint density at radius 1 is 1.40 bits per heavy atom. The van der Waals surface area contributed by atoms with Gasteiger partial charge in [0, 0.05) is 11.6 Å². The van der Waals surface area contributed by atoms with Gasteiger partial charge >= 0.3 is 0 Å². The Hall–Kier alpha value is -2.14. The molecule has 0 spiro atoms. The normalized spacial score (nSPS) is 11.3. The Morgan fingerprint density at radius 3 is 2.95 bits per heavy atom. The van der Waals surface area contributed by atoms with Crippen molar-refractivity contribution in [3.05, 3.63) is 36.5 Å². The van der Waals surface area contributed by atoms with Crippen LogP contribution in [0, 0.1) is 0 Å². The van der Waals surface area contributed by atoms with Gasteiger partial charge in [0.15, 0.2) is 6.61 Å².